The molecular formula is C15H22N2O2. The average molecular weight is 262 g/mol. The number of carbonyl (C=O) groups excluding carboxylic acids is 1. The van der Waals surface area contributed by atoms with Crippen LogP contribution in [-0.2, 0) is 11.3 Å². The molecule has 0 atom stereocenters. The smallest absolute Gasteiger partial charge is 0.223 e. The Hall–Kier alpha value is -1.55. The lowest BCUT2D eigenvalue weighted by atomic mass is 9.86. The molecule has 1 aromatic carbocycles. The van der Waals surface area contributed by atoms with Crippen molar-refractivity contribution in [2.45, 2.75) is 38.3 Å². The van der Waals surface area contributed by atoms with Gasteiger partial charge >= 0.3 is 0 Å². The summed E-state index contributed by atoms with van der Waals surface area (Å²) in [6.07, 6.45) is 3.71. The molecule has 0 radical (unpaired) electrons. The van der Waals surface area contributed by atoms with E-state index in [1.54, 1.807) is 7.11 Å². The molecule has 1 fully saturated rings. The van der Waals surface area contributed by atoms with Crippen LogP contribution in [0, 0.1) is 5.92 Å². The van der Waals surface area contributed by atoms with Crippen molar-refractivity contribution >= 4 is 5.91 Å². The van der Waals surface area contributed by atoms with Gasteiger partial charge in [0, 0.05) is 24.1 Å². The molecule has 0 aliphatic heterocycles. The summed E-state index contributed by atoms with van der Waals surface area (Å²) in [6.45, 7) is 0.519. The van der Waals surface area contributed by atoms with Crippen molar-refractivity contribution in [3.8, 4) is 5.75 Å². The lowest BCUT2D eigenvalue weighted by Crippen LogP contribution is -2.36. The number of carbonyl (C=O) groups is 1. The molecule has 2 rings (SSSR count). The molecule has 3 N–H and O–H groups in total. The first kappa shape index (κ1) is 13.9. The molecule has 1 saturated carbocycles. The van der Waals surface area contributed by atoms with Gasteiger partial charge in [-0.3, -0.25) is 4.79 Å². The van der Waals surface area contributed by atoms with Gasteiger partial charge < -0.3 is 15.8 Å². The van der Waals surface area contributed by atoms with Gasteiger partial charge in [-0.2, -0.15) is 0 Å². The Balaban J connectivity index is 1.86. The topological polar surface area (TPSA) is 64.3 Å². The number of methoxy groups -OCH3 is 1. The van der Waals surface area contributed by atoms with Gasteiger partial charge in [0.05, 0.1) is 7.11 Å². The number of hydrogen-bond donors (Lipinski definition) is 2. The predicted molar refractivity (Wildman–Crippen MR) is 74.8 cm³/mol. The summed E-state index contributed by atoms with van der Waals surface area (Å²) < 4.78 is 5.27. The van der Waals surface area contributed by atoms with Gasteiger partial charge in [-0.15, -0.1) is 0 Å². The highest BCUT2D eigenvalue weighted by atomic mass is 16.5. The van der Waals surface area contributed by atoms with Gasteiger partial charge in [-0.1, -0.05) is 18.2 Å². The SMILES string of the molecule is COc1ccccc1CNC(=O)C1CCC(N)CC1. The number of nitrogens with two attached hydrogens (primary N) is 1. The van der Waals surface area contributed by atoms with Crippen LogP contribution in [0.25, 0.3) is 0 Å². The summed E-state index contributed by atoms with van der Waals surface area (Å²) in [5.41, 5.74) is 6.86. The first-order valence-electron chi connectivity index (χ1n) is 6.86. The van der Waals surface area contributed by atoms with E-state index in [1.165, 1.54) is 0 Å². The van der Waals surface area contributed by atoms with Crippen LogP contribution in [0.4, 0.5) is 0 Å². The van der Waals surface area contributed by atoms with Gasteiger partial charge in [-0.25, -0.2) is 0 Å². The van der Waals surface area contributed by atoms with Crippen molar-refractivity contribution in [3.05, 3.63) is 29.8 Å². The maximum absolute atomic E-state index is 12.1. The molecule has 1 aromatic rings. The number of amides is 1. The number of ether oxygens (including phenoxy) is 1. The van der Waals surface area contributed by atoms with E-state index in [0.717, 1.165) is 37.0 Å². The van der Waals surface area contributed by atoms with Gasteiger partial charge in [0.2, 0.25) is 5.91 Å². The van der Waals surface area contributed by atoms with Crippen LogP contribution < -0.4 is 15.8 Å². The highest BCUT2D eigenvalue weighted by Gasteiger charge is 2.24. The lowest BCUT2D eigenvalue weighted by molar-refractivity contribution is -0.126. The van der Waals surface area contributed by atoms with Crippen molar-refractivity contribution in [2.75, 3.05) is 7.11 Å². The Morgan fingerprint density at radius 3 is 2.68 bits per heavy atom. The maximum Gasteiger partial charge on any atom is 0.223 e. The van der Waals surface area contributed by atoms with Crippen molar-refractivity contribution in [3.63, 3.8) is 0 Å². The van der Waals surface area contributed by atoms with E-state index < -0.39 is 0 Å². The predicted octanol–water partition coefficient (Wildman–Crippen LogP) is 1.83. The van der Waals surface area contributed by atoms with E-state index in [0.29, 0.717) is 6.54 Å². The third-order valence-electron chi connectivity index (χ3n) is 3.79. The molecule has 1 amide bonds. The van der Waals surface area contributed by atoms with Gasteiger partial charge in [0.25, 0.3) is 0 Å². The summed E-state index contributed by atoms with van der Waals surface area (Å²) in [5.74, 6) is 1.07. The van der Waals surface area contributed by atoms with Crippen LogP contribution in [-0.4, -0.2) is 19.1 Å². The molecule has 4 heteroatoms. The van der Waals surface area contributed by atoms with Crippen LogP contribution in [0.2, 0.25) is 0 Å². The van der Waals surface area contributed by atoms with E-state index in [-0.39, 0.29) is 17.9 Å². The first-order chi connectivity index (χ1) is 9.20. The zero-order valence-corrected chi connectivity index (χ0v) is 11.4. The van der Waals surface area contributed by atoms with E-state index in [4.69, 9.17) is 10.5 Å². The second kappa shape index (κ2) is 6.57. The average Bonchev–Trinajstić information content (AvgIpc) is 2.45. The summed E-state index contributed by atoms with van der Waals surface area (Å²) >= 11 is 0. The van der Waals surface area contributed by atoms with Crippen molar-refractivity contribution in [2.24, 2.45) is 11.7 Å². The van der Waals surface area contributed by atoms with Gasteiger partial charge in [0.1, 0.15) is 5.75 Å². The lowest BCUT2D eigenvalue weighted by Gasteiger charge is -2.25. The molecule has 0 spiro atoms. The third kappa shape index (κ3) is 3.70. The molecule has 4 nitrogen and oxygen atoms in total. The van der Waals surface area contributed by atoms with Crippen molar-refractivity contribution < 1.29 is 9.53 Å². The molecule has 0 heterocycles. The highest BCUT2D eigenvalue weighted by molar-refractivity contribution is 5.78. The van der Waals surface area contributed by atoms with E-state index in [2.05, 4.69) is 5.32 Å². The standard InChI is InChI=1S/C15H22N2O2/c1-19-14-5-3-2-4-12(14)10-17-15(18)11-6-8-13(16)9-7-11/h2-5,11,13H,6-10,16H2,1H3,(H,17,18). The zero-order chi connectivity index (χ0) is 13.7. The fraction of sp³-hybridized carbons (Fsp3) is 0.533. The van der Waals surface area contributed by atoms with Crippen molar-refractivity contribution in [1.82, 2.24) is 5.32 Å². The third-order valence-corrected chi connectivity index (χ3v) is 3.79. The Morgan fingerprint density at radius 2 is 2.00 bits per heavy atom. The van der Waals surface area contributed by atoms with Crippen molar-refractivity contribution in [1.29, 1.82) is 0 Å². The Morgan fingerprint density at radius 1 is 1.32 bits per heavy atom. The quantitative estimate of drug-likeness (QED) is 0.870. The van der Waals surface area contributed by atoms with Crippen LogP contribution >= 0.6 is 0 Å². The molecular weight excluding hydrogens is 240 g/mol. The van der Waals surface area contributed by atoms with Gasteiger partial charge in [-0.05, 0) is 31.7 Å². The maximum atomic E-state index is 12.1. The summed E-state index contributed by atoms with van der Waals surface area (Å²) in [6, 6.07) is 8.02. The first-order valence-corrected chi connectivity index (χ1v) is 6.86. The van der Waals surface area contributed by atoms with E-state index in [1.807, 2.05) is 24.3 Å². The highest BCUT2D eigenvalue weighted by Crippen LogP contribution is 2.23. The van der Waals surface area contributed by atoms with Crippen LogP contribution in [0.1, 0.15) is 31.2 Å². The Kier molecular flexibility index (Phi) is 4.80. The molecule has 0 bridgehead atoms. The number of rotatable bonds is 4. The number of para-hydroxylation sites is 1. The second-order valence-corrected chi connectivity index (χ2v) is 5.14. The molecule has 104 valence electrons. The monoisotopic (exact) mass is 262 g/mol. The summed E-state index contributed by atoms with van der Waals surface area (Å²) in [7, 11) is 1.64. The normalized spacial score (nSPS) is 22.8. The largest absolute Gasteiger partial charge is 0.496 e. The fourth-order valence-electron chi connectivity index (χ4n) is 2.56. The Bertz CT molecular complexity index is 426. The molecule has 1 aliphatic rings. The number of nitrogens with one attached hydrogen (secondary N) is 1. The van der Waals surface area contributed by atoms with E-state index in [9.17, 15) is 4.79 Å². The summed E-state index contributed by atoms with van der Waals surface area (Å²) in [4.78, 5) is 12.1. The second-order valence-electron chi connectivity index (χ2n) is 5.14. The van der Waals surface area contributed by atoms with Crippen LogP contribution in [0.3, 0.4) is 0 Å². The minimum Gasteiger partial charge on any atom is -0.496 e. The Labute approximate surface area is 114 Å². The molecule has 1 aliphatic carbocycles. The molecule has 19 heavy (non-hydrogen) atoms. The minimum atomic E-state index is 0.120. The molecule has 0 aromatic heterocycles. The zero-order valence-electron chi connectivity index (χ0n) is 11.4. The van der Waals surface area contributed by atoms with Gasteiger partial charge in [0.15, 0.2) is 0 Å². The number of benzene rings is 1. The van der Waals surface area contributed by atoms with Crippen LogP contribution in [0.15, 0.2) is 24.3 Å². The molecule has 0 unspecified atom stereocenters. The summed E-state index contributed by atoms with van der Waals surface area (Å²) in [5, 5.41) is 3.00. The van der Waals surface area contributed by atoms with Crippen LogP contribution in [0.5, 0.6) is 5.75 Å². The van der Waals surface area contributed by atoms with E-state index >= 15 is 0 Å². The number of hydrogen-bond acceptors (Lipinski definition) is 3. The fourth-order valence-corrected chi connectivity index (χ4v) is 2.56. The minimum absolute atomic E-state index is 0.120. The molecule has 0 saturated heterocycles.